The predicted molar refractivity (Wildman–Crippen MR) is 70.2 cm³/mol. The van der Waals surface area contributed by atoms with Gasteiger partial charge in [-0.25, -0.2) is 0 Å². The monoisotopic (exact) mass is 293 g/mol. The number of aryl methyl sites for hydroxylation is 2. The first-order chi connectivity index (χ1) is 8.08. The van der Waals surface area contributed by atoms with Crippen molar-refractivity contribution in [3.8, 4) is 0 Å². The molecule has 2 N–H and O–H groups in total. The fourth-order valence-corrected chi connectivity index (χ4v) is 1.83. The van der Waals surface area contributed by atoms with Crippen molar-refractivity contribution in [2.45, 2.75) is 13.8 Å². The number of benzene rings is 1. The van der Waals surface area contributed by atoms with Gasteiger partial charge in [-0.3, -0.25) is 9.89 Å². The fourth-order valence-electron chi connectivity index (χ4n) is 1.45. The number of nitrogens with one attached hydrogen (secondary N) is 2. The molecule has 0 saturated heterocycles. The average molecular weight is 294 g/mol. The van der Waals surface area contributed by atoms with Gasteiger partial charge in [0.15, 0.2) is 0 Å². The van der Waals surface area contributed by atoms with E-state index in [-0.39, 0.29) is 5.91 Å². The van der Waals surface area contributed by atoms with Crippen LogP contribution in [0.1, 0.15) is 21.6 Å². The molecule has 17 heavy (non-hydrogen) atoms. The standard InChI is InChI=1S/C12H12BrN3O/c1-7-3-4-9(5-11(7)13)15-12(17)10-6-14-16-8(10)2/h3-6H,1-2H3,(H,14,16)(H,15,17). The van der Waals surface area contributed by atoms with E-state index >= 15 is 0 Å². The van der Waals surface area contributed by atoms with Gasteiger partial charge < -0.3 is 5.32 Å². The smallest absolute Gasteiger partial charge is 0.259 e. The molecule has 2 rings (SSSR count). The molecule has 0 aliphatic carbocycles. The molecule has 0 aliphatic rings. The van der Waals surface area contributed by atoms with Gasteiger partial charge in [0.25, 0.3) is 5.91 Å². The van der Waals surface area contributed by atoms with E-state index in [1.807, 2.05) is 32.0 Å². The zero-order valence-corrected chi connectivity index (χ0v) is 11.1. The number of amides is 1. The first-order valence-corrected chi connectivity index (χ1v) is 5.94. The van der Waals surface area contributed by atoms with Crippen LogP contribution in [-0.2, 0) is 0 Å². The Balaban J connectivity index is 2.19. The van der Waals surface area contributed by atoms with Gasteiger partial charge in [-0.1, -0.05) is 22.0 Å². The van der Waals surface area contributed by atoms with Gasteiger partial charge in [-0.2, -0.15) is 5.10 Å². The molecule has 0 atom stereocenters. The van der Waals surface area contributed by atoms with Crippen molar-refractivity contribution in [3.05, 3.63) is 45.7 Å². The number of aromatic amines is 1. The summed E-state index contributed by atoms with van der Waals surface area (Å²) >= 11 is 3.43. The second kappa shape index (κ2) is 4.71. The van der Waals surface area contributed by atoms with Crippen LogP contribution >= 0.6 is 15.9 Å². The molecule has 0 radical (unpaired) electrons. The molecule has 4 nitrogen and oxygen atoms in total. The lowest BCUT2D eigenvalue weighted by Crippen LogP contribution is -2.12. The number of carbonyl (C=O) groups is 1. The summed E-state index contributed by atoms with van der Waals surface area (Å²) in [6.07, 6.45) is 1.52. The lowest BCUT2D eigenvalue weighted by molar-refractivity contribution is 0.102. The predicted octanol–water partition coefficient (Wildman–Crippen LogP) is 3.04. The van der Waals surface area contributed by atoms with Gasteiger partial charge in [0.2, 0.25) is 0 Å². The van der Waals surface area contributed by atoms with Crippen LogP contribution in [0.5, 0.6) is 0 Å². The maximum Gasteiger partial charge on any atom is 0.259 e. The first-order valence-electron chi connectivity index (χ1n) is 5.15. The summed E-state index contributed by atoms with van der Waals surface area (Å²) in [6.45, 7) is 3.81. The summed E-state index contributed by atoms with van der Waals surface area (Å²) in [4.78, 5) is 11.9. The maximum absolute atomic E-state index is 11.9. The summed E-state index contributed by atoms with van der Waals surface area (Å²) in [5.74, 6) is -0.160. The number of H-pyrrole nitrogens is 1. The van der Waals surface area contributed by atoms with Crippen LogP contribution < -0.4 is 5.32 Å². The number of hydrogen-bond donors (Lipinski definition) is 2. The number of aromatic nitrogens is 2. The third-order valence-electron chi connectivity index (χ3n) is 2.50. The molecule has 0 bridgehead atoms. The number of nitrogens with zero attached hydrogens (tertiary/aromatic N) is 1. The number of anilines is 1. The number of halogens is 1. The van der Waals surface area contributed by atoms with Crippen molar-refractivity contribution in [2.24, 2.45) is 0 Å². The van der Waals surface area contributed by atoms with E-state index < -0.39 is 0 Å². The van der Waals surface area contributed by atoms with Crippen molar-refractivity contribution < 1.29 is 4.79 Å². The van der Waals surface area contributed by atoms with E-state index in [2.05, 4.69) is 31.4 Å². The number of rotatable bonds is 2. The minimum Gasteiger partial charge on any atom is -0.322 e. The molecular formula is C12H12BrN3O. The van der Waals surface area contributed by atoms with Crippen LogP contribution in [0.4, 0.5) is 5.69 Å². The zero-order valence-electron chi connectivity index (χ0n) is 9.54. The third-order valence-corrected chi connectivity index (χ3v) is 3.36. The Bertz CT molecular complexity index is 563. The van der Waals surface area contributed by atoms with Crippen molar-refractivity contribution >= 4 is 27.5 Å². The summed E-state index contributed by atoms with van der Waals surface area (Å²) < 4.78 is 0.971. The normalized spacial score (nSPS) is 10.3. The van der Waals surface area contributed by atoms with Crippen molar-refractivity contribution in [1.29, 1.82) is 0 Å². The maximum atomic E-state index is 11.9. The Labute approximate surface area is 108 Å². The van der Waals surface area contributed by atoms with Crippen LogP contribution in [0.25, 0.3) is 0 Å². The van der Waals surface area contributed by atoms with Gasteiger partial charge in [0.1, 0.15) is 0 Å². The van der Waals surface area contributed by atoms with Crippen LogP contribution in [-0.4, -0.2) is 16.1 Å². The van der Waals surface area contributed by atoms with Gasteiger partial charge in [-0.15, -0.1) is 0 Å². The Morgan fingerprint density at radius 1 is 1.41 bits per heavy atom. The lowest BCUT2D eigenvalue weighted by atomic mass is 10.2. The highest BCUT2D eigenvalue weighted by Gasteiger charge is 2.11. The highest BCUT2D eigenvalue weighted by atomic mass is 79.9. The molecule has 1 amide bonds. The summed E-state index contributed by atoms with van der Waals surface area (Å²) in [5, 5.41) is 9.38. The second-order valence-corrected chi connectivity index (χ2v) is 4.68. The molecule has 1 aromatic heterocycles. The van der Waals surface area contributed by atoms with Gasteiger partial charge in [0.05, 0.1) is 11.8 Å². The van der Waals surface area contributed by atoms with Crippen LogP contribution in [0.2, 0.25) is 0 Å². The van der Waals surface area contributed by atoms with E-state index in [4.69, 9.17) is 0 Å². The van der Waals surface area contributed by atoms with Crippen molar-refractivity contribution in [1.82, 2.24) is 10.2 Å². The van der Waals surface area contributed by atoms with Gasteiger partial charge in [0, 0.05) is 15.9 Å². The second-order valence-electron chi connectivity index (χ2n) is 3.83. The molecule has 1 heterocycles. The molecule has 0 saturated carbocycles. The molecule has 5 heteroatoms. The molecule has 0 unspecified atom stereocenters. The topological polar surface area (TPSA) is 57.8 Å². The summed E-state index contributed by atoms with van der Waals surface area (Å²) in [5.41, 5.74) is 3.20. The third kappa shape index (κ3) is 2.55. The minimum absolute atomic E-state index is 0.160. The molecule has 0 spiro atoms. The SMILES string of the molecule is Cc1ccc(NC(=O)c2cn[nH]c2C)cc1Br. The average Bonchev–Trinajstić information content (AvgIpc) is 2.70. The number of carbonyl (C=O) groups excluding carboxylic acids is 1. The largest absolute Gasteiger partial charge is 0.322 e. The number of hydrogen-bond acceptors (Lipinski definition) is 2. The molecule has 1 aromatic carbocycles. The van der Waals surface area contributed by atoms with Gasteiger partial charge in [-0.05, 0) is 31.5 Å². The molecule has 2 aromatic rings. The van der Waals surface area contributed by atoms with E-state index in [9.17, 15) is 4.79 Å². The van der Waals surface area contributed by atoms with E-state index in [1.165, 1.54) is 6.20 Å². The summed E-state index contributed by atoms with van der Waals surface area (Å²) in [7, 11) is 0. The molecule has 88 valence electrons. The highest BCUT2D eigenvalue weighted by Crippen LogP contribution is 2.21. The van der Waals surface area contributed by atoms with Crippen LogP contribution in [0.15, 0.2) is 28.9 Å². The van der Waals surface area contributed by atoms with Crippen LogP contribution in [0.3, 0.4) is 0 Å². The van der Waals surface area contributed by atoms with Crippen LogP contribution in [0, 0.1) is 13.8 Å². The van der Waals surface area contributed by atoms with Gasteiger partial charge >= 0.3 is 0 Å². The first kappa shape index (κ1) is 11.9. The molecular weight excluding hydrogens is 282 g/mol. The summed E-state index contributed by atoms with van der Waals surface area (Å²) in [6, 6.07) is 5.69. The highest BCUT2D eigenvalue weighted by molar-refractivity contribution is 9.10. The molecule has 0 aliphatic heterocycles. The quantitative estimate of drug-likeness (QED) is 0.894. The van der Waals surface area contributed by atoms with E-state index in [0.29, 0.717) is 5.56 Å². The Hall–Kier alpha value is -1.62. The zero-order chi connectivity index (χ0) is 12.4. The Morgan fingerprint density at radius 2 is 2.18 bits per heavy atom. The van der Waals surface area contributed by atoms with Crippen molar-refractivity contribution in [2.75, 3.05) is 5.32 Å². The molecule has 0 fully saturated rings. The fraction of sp³-hybridized carbons (Fsp3) is 0.167. The van der Waals surface area contributed by atoms with E-state index in [0.717, 1.165) is 21.4 Å². The Kier molecular flexibility index (Phi) is 3.28. The lowest BCUT2D eigenvalue weighted by Gasteiger charge is -2.06. The minimum atomic E-state index is -0.160. The van der Waals surface area contributed by atoms with Crippen molar-refractivity contribution in [3.63, 3.8) is 0 Å². The van der Waals surface area contributed by atoms with E-state index in [1.54, 1.807) is 0 Å². The Morgan fingerprint density at radius 3 is 2.76 bits per heavy atom.